The lowest BCUT2D eigenvalue weighted by Gasteiger charge is -2.35. The molecule has 3 aromatic rings. The van der Waals surface area contributed by atoms with Gasteiger partial charge in [-0.15, -0.1) is 0 Å². The second-order valence-electron chi connectivity index (χ2n) is 7.20. The van der Waals surface area contributed by atoms with Gasteiger partial charge < -0.3 is 9.88 Å². The zero-order valence-electron chi connectivity index (χ0n) is 16.1. The molecule has 4 heterocycles. The number of carbonyl (C=O) groups is 1. The number of aryl methyl sites for hydroxylation is 1. The van der Waals surface area contributed by atoms with Gasteiger partial charge in [0.25, 0.3) is 11.5 Å². The summed E-state index contributed by atoms with van der Waals surface area (Å²) in [6.45, 7) is 0.660. The first-order valence-electron chi connectivity index (χ1n) is 9.94. The van der Waals surface area contributed by atoms with Gasteiger partial charge in [-0.1, -0.05) is 12.1 Å². The van der Waals surface area contributed by atoms with E-state index in [0.29, 0.717) is 18.1 Å². The summed E-state index contributed by atoms with van der Waals surface area (Å²) in [6, 6.07) is 11.3. The van der Waals surface area contributed by atoms with Crippen LogP contribution in [0.25, 0.3) is 11.5 Å². The highest BCUT2D eigenvalue weighted by Gasteiger charge is 2.29. The number of hydrogen-bond acceptors (Lipinski definition) is 5. The summed E-state index contributed by atoms with van der Waals surface area (Å²) in [5, 5.41) is 0. The fraction of sp³-hybridized carbons (Fsp3) is 0.318. The number of piperidine rings is 1. The molecule has 0 saturated carbocycles. The zero-order chi connectivity index (χ0) is 20.1. The Morgan fingerprint density at radius 3 is 2.62 bits per heavy atom. The van der Waals surface area contributed by atoms with E-state index in [-0.39, 0.29) is 17.5 Å². The van der Waals surface area contributed by atoms with Gasteiger partial charge in [-0.2, -0.15) is 0 Å². The predicted octanol–water partition coefficient (Wildman–Crippen LogP) is 2.85. The number of rotatable bonds is 5. The van der Waals surface area contributed by atoms with Gasteiger partial charge in [0, 0.05) is 36.9 Å². The van der Waals surface area contributed by atoms with E-state index >= 15 is 0 Å². The lowest BCUT2D eigenvalue weighted by atomic mass is 9.96. The van der Waals surface area contributed by atoms with E-state index in [1.165, 1.54) is 6.20 Å². The molecule has 7 nitrogen and oxygen atoms in total. The van der Waals surface area contributed by atoms with Crippen LogP contribution in [0, 0.1) is 0 Å². The van der Waals surface area contributed by atoms with Crippen molar-refractivity contribution in [3.8, 4) is 11.5 Å². The van der Waals surface area contributed by atoms with Crippen LogP contribution < -0.4 is 5.56 Å². The number of carbonyl (C=O) groups excluding carboxylic acids is 1. The maximum Gasteiger partial charge on any atom is 0.264 e. The molecule has 1 aliphatic rings. The van der Waals surface area contributed by atoms with Gasteiger partial charge in [0.15, 0.2) is 5.82 Å². The largest absolute Gasteiger partial charge is 0.335 e. The Bertz CT molecular complexity index is 1020. The smallest absolute Gasteiger partial charge is 0.264 e. The van der Waals surface area contributed by atoms with Crippen molar-refractivity contribution in [2.45, 2.75) is 38.1 Å². The maximum absolute atomic E-state index is 13.1. The van der Waals surface area contributed by atoms with Crippen LogP contribution in [0.4, 0.5) is 0 Å². The molecule has 1 atom stereocenters. The molecule has 0 radical (unpaired) electrons. The van der Waals surface area contributed by atoms with E-state index in [9.17, 15) is 9.59 Å². The van der Waals surface area contributed by atoms with Crippen LogP contribution in [0.3, 0.4) is 0 Å². The van der Waals surface area contributed by atoms with E-state index in [1.807, 2.05) is 29.2 Å². The number of amides is 1. The van der Waals surface area contributed by atoms with Crippen molar-refractivity contribution in [3.05, 3.63) is 76.6 Å². The first-order chi connectivity index (χ1) is 14.2. The van der Waals surface area contributed by atoms with Gasteiger partial charge >= 0.3 is 0 Å². The molecule has 0 spiro atoms. The van der Waals surface area contributed by atoms with Crippen LogP contribution in [0.5, 0.6) is 0 Å². The minimum atomic E-state index is -0.431. The first-order valence-corrected chi connectivity index (χ1v) is 9.94. The van der Waals surface area contributed by atoms with Gasteiger partial charge in [0.1, 0.15) is 11.3 Å². The molecule has 1 aliphatic heterocycles. The number of pyridine rings is 2. The summed E-state index contributed by atoms with van der Waals surface area (Å²) in [5.41, 5.74) is 1.23. The lowest BCUT2D eigenvalue weighted by Crippen LogP contribution is -2.45. The predicted molar refractivity (Wildman–Crippen MR) is 109 cm³/mol. The van der Waals surface area contributed by atoms with E-state index in [4.69, 9.17) is 0 Å². The van der Waals surface area contributed by atoms with Crippen molar-refractivity contribution in [2.75, 3.05) is 6.54 Å². The van der Waals surface area contributed by atoms with Crippen molar-refractivity contribution >= 4 is 5.91 Å². The minimum absolute atomic E-state index is 0.0782. The van der Waals surface area contributed by atoms with E-state index < -0.39 is 5.56 Å². The number of hydrogen-bond donors (Lipinski definition) is 1. The van der Waals surface area contributed by atoms with E-state index in [2.05, 4.69) is 19.9 Å². The van der Waals surface area contributed by atoms with E-state index in [0.717, 1.165) is 37.8 Å². The number of likely N-dealkylation sites (tertiary alicyclic amines) is 1. The van der Waals surface area contributed by atoms with Crippen LogP contribution in [0.1, 0.15) is 41.7 Å². The van der Waals surface area contributed by atoms with Crippen LogP contribution in [-0.2, 0) is 6.42 Å². The Balaban J connectivity index is 1.51. The normalized spacial score (nSPS) is 16.6. The van der Waals surface area contributed by atoms with Crippen molar-refractivity contribution in [1.82, 2.24) is 24.8 Å². The summed E-state index contributed by atoms with van der Waals surface area (Å²) in [7, 11) is 0. The highest BCUT2D eigenvalue weighted by molar-refractivity contribution is 5.94. The third-order valence-electron chi connectivity index (χ3n) is 5.29. The molecular formula is C22H23N5O2. The first kappa shape index (κ1) is 19.0. The molecule has 0 aliphatic carbocycles. The van der Waals surface area contributed by atoms with Crippen molar-refractivity contribution in [1.29, 1.82) is 0 Å². The molecular weight excluding hydrogens is 366 g/mol. The number of H-pyrrole nitrogens is 1. The van der Waals surface area contributed by atoms with Gasteiger partial charge in [-0.05, 0) is 56.4 Å². The van der Waals surface area contributed by atoms with Gasteiger partial charge in [-0.25, -0.2) is 4.98 Å². The summed E-state index contributed by atoms with van der Waals surface area (Å²) >= 11 is 0. The summed E-state index contributed by atoms with van der Waals surface area (Å²) in [4.78, 5) is 43.1. The number of aromatic amines is 1. The monoisotopic (exact) mass is 389 g/mol. The van der Waals surface area contributed by atoms with Crippen LogP contribution in [0.2, 0.25) is 0 Å². The number of nitrogens with zero attached hydrogens (tertiary/aromatic N) is 4. The number of aromatic nitrogens is 4. The SMILES string of the molecule is O=C(c1cnc(-c2ccccn2)[nH]c1=O)N1CCCCC1CCc1ccccn1. The second-order valence-corrected chi connectivity index (χ2v) is 7.20. The fourth-order valence-corrected chi connectivity index (χ4v) is 3.76. The lowest BCUT2D eigenvalue weighted by molar-refractivity contribution is 0.0599. The molecule has 1 fully saturated rings. The Kier molecular flexibility index (Phi) is 5.74. The van der Waals surface area contributed by atoms with Gasteiger partial charge in [-0.3, -0.25) is 19.6 Å². The molecule has 148 valence electrons. The van der Waals surface area contributed by atoms with Crippen molar-refractivity contribution in [2.24, 2.45) is 0 Å². The Labute approximate surface area is 168 Å². The summed E-state index contributed by atoms with van der Waals surface area (Å²) in [5.74, 6) is 0.106. The molecule has 7 heteroatoms. The van der Waals surface area contributed by atoms with Crippen LogP contribution in [-0.4, -0.2) is 43.3 Å². The Hall–Kier alpha value is -3.35. The Morgan fingerprint density at radius 1 is 1.07 bits per heavy atom. The Morgan fingerprint density at radius 2 is 1.90 bits per heavy atom. The fourth-order valence-electron chi connectivity index (χ4n) is 3.76. The molecule has 0 bridgehead atoms. The molecule has 29 heavy (non-hydrogen) atoms. The molecule has 0 aromatic carbocycles. The molecule has 4 rings (SSSR count). The highest BCUT2D eigenvalue weighted by Crippen LogP contribution is 2.22. The zero-order valence-corrected chi connectivity index (χ0v) is 16.1. The molecule has 1 saturated heterocycles. The van der Waals surface area contributed by atoms with Crippen LogP contribution in [0.15, 0.2) is 59.8 Å². The van der Waals surface area contributed by atoms with Crippen LogP contribution >= 0.6 is 0 Å². The number of nitrogens with one attached hydrogen (secondary N) is 1. The molecule has 3 aromatic heterocycles. The molecule has 1 unspecified atom stereocenters. The average Bonchev–Trinajstić information content (AvgIpc) is 2.79. The third kappa shape index (κ3) is 4.39. The standard InChI is InChI=1S/C22H23N5O2/c28-21-18(15-25-20(26-21)19-9-2-5-13-24-19)22(29)27-14-6-3-8-17(27)11-10-16-7-1-4-12-23-16/h1-2,4-5,7,9,12-13,15,17H,3,6,8,10-11,14H2,(H,25,26,28). The quantitative estimate of drug-likeness (QED) is 0.724. The summed E-state index contributed by atoms with van der Waals surface area (Å²) in [6.07, 6.45) is 9.41. The highest BCUT2D eigenvalue weighted by atomic mass is 16.2. The molecule has 1 amide bonds. The second kappa shape index (κ2) is 8.77. The van der Waals surface area contributed by atoms with Crippen molar-refractivity contribution < 1.29 is 4.79 Å². The topological polar surface area (TPSA) is 91.8 Å². The van der Waals surface area contributed by atoms with Crippen molar-refractivity contribution in [3.63, 3.8) is 0 Å². The van der Waals surface area contributed by atoms with Gasteiger partial charge in [0.2, 0.25) is 0 Å². The minimum Gasteiger partial charge on any atom is -0.335 e. The maximum atomic E-state index is 13.1. The average molecular weight is 389 g/mol. The summed E-state index contributed by atoms with van der Waals surface area (Å²) < 4.78 is 0. The molecule has 1 N–H and O–H groups in total. The van der Waals surface area contributed by atoms with Gasteiger partial charge in [0.05, 0.1) is 0 Å². The third-order valence-corrected chi connectivity index (χ3v) is 5.29. The van der Waals surface area contributed by atoms with E-state index in [1.54, 1.807) is 24.5 Å².